The van der Waals surface area contributed by atoms with Gasteiger partial charge in [-0.15, -0.1) is 0 Å². The van der Waals surface area contributed by atoms with E-state index in [0.717, 1.165) is 36.4 Å². The van der Waals surface area contributed by atoms with Crippen LogP contribution in [-0.4, -0.2) is 11.3 Å². The molecule has 290 valence electrons. The molecule has 1 aromatic heterocycles. The van der Waals surface area contributed by atoms with Gasteiger partial charge in [-0.1, -0.05) is 155 Å². The van der Waals surface area contributed by atoms with Crippen LogP contribution in [0.1, 0.15) is 51.7 Å². The Morgan fingerprint density at radius 1 is 0.517 bits per heavy atom. The molecule has 0 unspecified atom stereocenters. The van der Waals surface area contributed by atoms with Gasteiger partial charge in [0.1, 0.15) is 11.5 Å². The molecule has 2 aliphatic heterocycles. The molecule has 60 heavy (non-hydrogen) atoms. The van der Waals surface area contributed by atoms with Crippen LogP contribution in [0, 0.1) is 0 Å². The Balaban J connectivity index is 1.22. The molecular formula is C56H47BN2O. The minimum atomic E-state index is -0.110. The van der Waals surface area contributed by atoms with Crippen LogP contribution in [0.15, 0.2) is 176 Å². The average molecular weight is 775 g/mol. The van der Waals surface area contributed by atoms with Crippen molar-refractivity contribution in [3.8, 4) is 39.4 Å². The van der Waals surface area contributed by atoms with Gasteiger partial charge in [0, 0.05) is 33.5 Å². The number of nitrogens with zero attached hydrogens (tertiary/aromatic N) is 2. The van der Waals surface area contributed by atoms with Crippen LogP contribution in [0.4, 0.5) is 17.1 Å². The molecule has 0 fully saturated rings. The first-order chi connectivity index (χ1) is 29.4. The van der Waals surface area contributed by atoms with E-state index in [2.05, 4.69) is 213 Å². The van der Waals surface area contributed by atoms with E-state index in [1.807, 2.05) is 0 Å². The van der Waals surface area contributed by atoms with Gasteiger partial charge in [0.15, 0.2) is 0 Å². The number of benzene rings is 8. The lowest BCUT2D eigenvalue weighted by atomic mass is 9.34. The molecule has 0 bridgehead atoms. The zero-order valence-electron chi connectivity index (χ0n) is 34.7. The normalized spacial score (nSPS) is 12.9. The topological polar surface area (TPSA) is 17.4 Å². The van der Waals surface area contributed by atoms with Gasteiger partial charge in [-0.25, -0.2) is 0 Å². The average Bonchev–Trinajstić information content (AvgIpc) is 3.62. The minimum Gasteiger partial charge on any atom is -0.458 e. The molecular weight excluding hydrogens is 727 g/mol. The summed E-state index contributed by atoms with van der Waals surface area (Å²) in [5.41, 5.74) is 18.2. The number of aromatic nitrogens is 1. The summed E-state index contributed by atoms with van der Waals surface area (Å²) in [6.07, 6.45) is 3.21. The Labute approximate surface area is 353 Å². The molecule has 2 aliphatic rings. The number of para-hydroxylation sites is 2. The number of anilines is 3. The van der Waals surface area contributed by atoms with Crippen molar-refractivity contribution in [2.45, 2.75) is 52.4 Å². The number of unbranched alkanes of at least 4 members (excludes halogenated alkanes) is 1. The van der Waals surface area contributed by atoms with Crippen LogP contribution >= 0.6 is 0 Å². The Hall–Kier alpha value is -6.78. The third kappa shape index (κ3) is 5.88. The van der Waals surface area contributed by atoms with Crippen molar-refractivity contribution in [3.05, 3.63) is 187 Å². The molecule has 9 aromatic rings. The van der Waals surface area contributed by atoms with Gasteiger partial charge in [-0.2, -0.15) is 0 Å². The van der Waals surface area contributed by atoms with Crippen LogP contribution in [0.2, 0.25) is 0 Å². The molecule has 0 radical (unpaired) electrons. The molecule has 3 heterocycles. The zero-order valence-corrected chi connectivity index (χ0v) is 34.7. The monoisotopic (exact) mass is 774 g/mol. The summed E-state index contributed by atoms with van der Waals surface area (Å²) in [6, 6.07) is 65.1. The van der Waals surface area contributed by atoms with Crippen molar-refractivity contribution >= 4 is 62.0 Å². The van der Waals surface area contributed by atoms with Crippen molar-refractivity contribution < 1.29 is 4.74 Å². The molecule has 11 rings (SSSR count). The van der Waals surface area contributed by atoms with Crippen LogP contribution in [0.25, 0.3) is 49.7 Å². The van der Waals surface area contributed by atoms with Gasteiger partial charge < -0.3 is 14.2 Å². The smallest absolute Gasteiger partial charge is 0.256 e. The number of aryl methyl sites for hydroxylation is 1. The van der Waals surface area contributed by atoms with E-state index in [-0.39, 0.29) is 12.1 Å². The summed E-state index contributed by atoms with van der Waals surface area (Å²) >= 11 is 0. The maximum Gasteiger partial charge on any atom is 0.256 e. The number of ether oxygens (including phenoxy) is 1. The lowest BCUT2D eigenvalue weighted by molar-refractivity contribution is 0.483. The molecule has 0 N–H and O–H groups in total. The molecule has 0 saturated carbocycles. The summed E-state index contributed by atoms with van der Waals surface area (Å²) in [6.45, 7) is 9.19. The van der Waals surface area contributed by atoms with Crippen molar-refractivity contribution in [3.63, 3.8) is 0 Å². The number of rotatable bonds is 7. The number of hydrogen-bond donors (Lipinski definition) is 0. The molecule has 0 amide bonds. The predicted molar refractivity (Wildman–Crippen MR) is 255 cm³/mol. The SMILES string of the molecule is CCCCc1cc(-c2ccccc2)ccc1N1c2cc(-n3c4ccccc4c4ccccc43)ccc2B2c3cc(-c4ccccc4)ccc3Oc3cc(C(C)(C)C)cc1c32. The van der Waals surface area contributed by atoms with E-state index in [9.17, 15) is 0 Å². The molecule has 0 aliphatic carbocycles. The summed E-state index contributed by atoms with van der Waals surface area (Å²) < 4.78 is 9.53. The largest absolute Gasteiger partial charge is 0.458 e. The minimum absolute atomic E-state index is 0.0300. The van der Waals surface area contributed by atoms with E-state index in [4.69, 9.17) is 4.74 Å². The van der Waals surface area contributed by atoms with Crippen molar-refractivity contribution in [2.75, 3.05) is 4.90 Å². The standard InChI is InChI=1S/C56H47BN2O/c1-5-6-17-41-32-39(37-18-9-7-10-19-37)26-30-48(41)59-51-36-43(58-49-24-15-13-22-44(49)45-23-14-16-25-50(45)58)28-29-46(51)57-47-33-40(38-20-11-8-12-21-38)27-31-53(47)60-54-35-42(56(2,3)4)34-52(59)55(54)57/h7-16,18-36H,5-6,17H2,1-4H3. The van der Waals surface area contributed by atoms with Crippen LogP contribution < -0.4 is 26.0 Å². The summed E-state index contributed by atoms with van der Waals surface area (Å²) in [4.78, 5) is 2.59. The van der Waals surface area contributed by atoms with E-state index >= 15 is 0 Å². The highest BCUT2D eigenvalue weighted by molar-refractivity contribution is 6.99. The third-order valence-electron chi connectivity index (χ3n) is 12.8. The Bertz CT molecular complexity index is 3050. The molecule has 0 spiro atoms. The number of hydrogen-bond acceptors (Lipinski definition) is 2. The second-order valence-electron chi connectivity index (χ2n) is 17.6. The first-order valence-electron chi connectivity index (χ1n) is 21.5. The molecule has 4 heteroatoms. The fourth-order valence-electron chi connectivity index (χ4n) is 9.76. The Morgan fingerprint density at radius 2 is 1.15 bits per heavy atom. The van der Waals surface area contributed by atoms with Crippen molar-refractivity contribution in [2.24, 2.45) is 0 Å². The fourth-order valence-corrected chi connectivity index (χ4v) is 9.76. The molecule has 3 nitrogen and oxygen atoms in total. The second kappa shape index (κ2) is 14.2. The van der Waals surface area contributed by atoms with Crippen molar-refractivity contribution in [1.82, 2.24) is 4.57 Å². The molecule has 8 aromatic carbocycles. The van der Waals surface area contributed by atoms with E-state index < -0.39 is 0 Å². The molecule has 0 atom stereocenters. The predicted octanol–water partition coefficient (Wildman–Crippen LogP) is 13.2. The quantitative estimate of drug-likeness (QED) is 0.150. The van der Waals surface area contributed by atoms with Gasteiger partial charge in [-0.3, -0.25) is 0 Å². The summed E-state index contributed by atoms with van der Waals surface area (Å²) in [7, 11) is 0. The van der Waals surface area contributed by atoms with Gasteiger partial charge in [0.05, 0.1) is 11.0 Å². The second-order valence-corrected chi connectivity index (χ2v) is 17.6. The van der Waals surface area contributed by atoms with Crippen LogP contribution in [0.5, 0.6) is 11.5 Å². The van der Waals surface area contributed by atoms with E-state index in [1.54, 1.807) is 0 Å². The highest BCUT2D eigenvalue weighted by Gasteiger charge is 2.43. The summed E-state index contributed by atoms with van der Waals surface area (Å²) in [5.74, 6) is 1.87. The summed E-state index contributed by atoms with van der Waals surface area (Å²) in [5, 5.41) is 2.52. The fraction of sp³-hybridized carbons (Fsp3) is 0.143. The third-order valence-corrected chi connectivity index (χ3v) is 12.8. The molecule has 0 saturated heterocycles. The van der Waals surface area contributed by atoms with Gasteiger partial charge >= 0.3 is 0 Å². The van der Waals surface area contributed by atoms with Crippen LogP contribution in [0.3, 0.4) is 0 Å². The van der Waals surface area contributed by atoms with Gasteiger partial charge in [0.25, 0.3) is 6.71 Å². The first kappa shape index (κ1) is 36.3. The lowest BCUT2D eigenvalue weighted by Crippen LogP contribution is -2.59. The van der Waals surface area contributed by atoms with E-state index in [0.29, 0.717) is 0 Å². The first-order valence-corrected chi connectivity index (χ1v) is 21.5. The zero-order chi connectivity index (χ0) is 40.5. The van der Waals surface area contributed by atoms with Gasteiger partial charge in [-0.05, 0) is 123 Å². The maximum absolute atomic E-state index is 7.07. The Kier molecular flexibility index (Phi) is 8.60. The van der Waals surface area contributed by atoms with E-state index in [1.165, 1.54) is 88.6 Å². The number of fused-ring (bicyclic) bond motifs is 7. The highest BCUT2D eigenvalue weighted by Crippen LogP contribution is 2.46. The maximum atomic E-state index is 7.07. The van der Waals surface area contributed by atoms with Crippen molar-refractivity contribution in [1.29, 1.82) is 0 Å². The Morgan fingerprint density at radius 3 is 1.82 bits per heavy atom. The highest BCUT2D eigenvalue weighted by atomic mass is 16.5. The van der Waals surface area contributed by atoms with Crippen LogP contribution in [-0.2, 0) is 11.8 Å². The lowest BCUT2D eigenvalue weighted by Gasteiger charge is -2.42. The van der Waals surface area contributed by atoms with Gasteiger partial charge in [0.2, 0.25) is 0 Å².